The number of rotatable bonds is 9. The Morgan fingerprint density at radius 2 is 1.85 bits per heavy atom. The van der Waals surface area contributed by atoms with E-state index in [-0.39, 0.29) is 24.2 Å². The highest BCUT2D eigenvalue weighted by Gasteiger charge is 2.31. The van der Waals surface area contributed by atoms with Crippen LogP contribution in [-0.4, -0.2) is 42.4 Å². The molecule has 0 bridgehead atoms. The fraction of sp³-hybridized carbons (Fsp3) is 0.400. The van der Waals surface area contributed by atoms with Crippen LogP contribution < -0.4 is 18.9 Å². The number of aliphatic hydroxyl groups is 1. The lowest BCUT2D eigenvalue weighted by molar-refractivity contribution is -0.119. The number of benzene rings is 2. The molecule has 1 aromatic heterocycles. The highest BCUT2D eigenvalue weighted by molar-refractivity contribution is 7.90. The molecule has 2 aliphatic rings. The van der Waals surface area contributed by atoms with Crippen LogP contribution in [0.25, 0.3) is 0 Å². The molecule has 10 heteroatoms. The molecule has 1 saturated heterocycles. The van der Waals surface area contributed by atoms with Gasteiger partial charge in [-0.2, -0.15) is 0 Å². The van der Waals surface area contributed by atoms with Crippen LogP contribution in [0.15, 0.2) is 54.6 Å². The van der Waals surface area contributed by atoms with E-state index in [1.54, 1.807) is 19.9 Å². The number of nitrogens with zero attached hydrogens (tertiary/aromatic N) is 1. The summed E-state index contributed by atoms with van der Waals surface area (Å²) in [5.41, 5.74) is 2.86. The Labute approximate surface area is 234 Å². The second kappa shape index (κ2) is 11.1. The van der Waals surface area contributed by atoms with E-state index in [0.717, 1.165) is 35.3 Å². The minimum Gasteiger partial charge on any atom is -0.486 e. The van der Waals surface area contributed by atoms with E-state index >= 15 is 0 Å². The number of carbonyl (C=O) groups excluding carboxylic acids is 1. The number of ether oxygens (including phenoxy) is 3. The quantitative estimate of drug-likeness (QED) is 0.381. The number of aromatic nitrogens is 1. The first-order chi connectivity index (χ1) is 19.0. The normalized spacial score (nSPS) is 19.9. The Balaban J connectivity index is 1.24. The van der Waals surface area contributed by atoms with Crippen LogP contribution in [0, 0.1) is 6.92 Å². The molecule has 0 spiro atoms. The lowest BCUT2D eigenvalue weighted by Gasteiger charge is -2.23. The van der Waals surface area contributed by atoms with Crippen LogP contribution in [0.1, 0.15) is 67.5 Å². The van der Waals surface area contributed by atoms with Crippen molar-refractivity contribution < 1.29 is 32.5 Å². The molecule has 2 N–H and O–H groups in total. The lowest BCUT2D eigenvalue weighted by Crippen LogP contribution is -2.40. The fourth-order valence-electron chi connectivity index (χ4n) is 5.04. The third kappa shape index (κ3) is 6.74. The predicted molar refractivity (Wildman–Crippen MR) is 149 cm³/mol. The first-order valence-electron chi connectivity index (χ1n) is 13.4. The van der Waals surface area contributed by atoms with Crippen LogP contribution in [0.3, 0.4) is 0 Å². The third-order valence-corrected chi connectivity index (χ3v) is 8.50. The molecule has 0 saturated carbocycles. The van der Waals surface area contributed by atoms with Crippen molar-refractivity contribution in [2.75, 3.05) is 12.4 Å². The number of sulfonamides is 1. The van der Waals surface area contributed by atoms with E-state index in [4.69, 9.17) is 14.2 Å². The summed E-state index contributed by atoms with van der Waals surface area (Å²) >= 11 is 0. The summed E-state index contributed by atoms with van der Waals surface area (Å²) in [4.78, 5) is 16.3. The molecule has 1 unspecified atom stereocenters. The summed E-state index contributed by atoms with van der Waals surface area (Å²) in [6.07, 6.45) is 2.10. The number of amides is 1. The van der Waals surface area contributed by atoms with Crippen molar-refractivity contribution in [1.29, 1.82) is 0 Å². The van der Waals surface area contributed by atoms with E-state index in [1.165, 1.54) is 0 Å². The van der Waals surface area contributed by atoms with E-state index in [1.807, 2.05) is 60.2 Å². The second-order valence-electron chi connectivity index (χ2n) is 11.0. The van der Waals surface area contributed by atoms with Gasteiger partial charge in [0.25, 0.3) is 0 Å². The summed E-state index contributed by atoms with van der Waals surface area (Å²) in [6.45, 7) is 5.72. The molecule has 40 heavy (non-hydrogen) atoms. The standard InChI is InChI=1S/C30H34N2O7S/c1-19-25(13-14-29(31-19)37-16-15-30(2,3)34)39-26-6-4-5-23-24(26)11-12-27(23)38-22-9-7-20(8-10-22)21-17-28(33)32-40(35,36)18-21/h4-10,13-14,21,27,34H,11-12,15-18H2,1-3H3,(H,32,33)/t21?,27-/m1/s1. The number of hydrogen-bond acceptors (Lipinski definition) is 8. The van der Waals surface area contributed by atoms with E-state index in [9.17, 15) is 18.3 Å². The number of pyridine rings is 1. The molecule has 9 nitrogen and oxygen atoms in total. The first-order valence-corrected chi connectivity index (χ1v) is 15.0. The zero-order valence-corrected chi connectivity index (χ0v) is 23.7. The van der Waals surface area contributed by atoms with Gasteiger partial charge >= 0.3 is 0 Å². The third-order valence-electron chi connectivity index (χ3n) is 7.12. The van der Waals surface area contributed by atoms with Crippen LogP contribution in [0.5, 0.6) is 23.1 Å². The summed E-state index contributed by atoms with van der Waals surface area (Å²) in [6, 6.07) is 16.9. The maximum absolute atomic E-state index is 11.9. The van der Waals surface area contributed by atoms with Crippen LogP contribution in [-0.2, 0) is 21.2 Å². The molecule has 1 aliphatic carbocycles. The van der Waals surface area contributed by atoms with Crippen molar-refractivity contribution in [1.82, 2.24) is 9.71 Å². The maximum Gasteiger partial charge on any atom is 0.235 e. The smallest absolute Gasteiger partial charge is 0.235 e. The van der Waals surface area contributed by atoms with Gasteiger partial charge in [0, 0.05) is 30.4 Å². The van der Waals surface area contributed by atoms with Crippen LogP contribution >= 0.6 is 0 Å². The van der Waals surface area contributed by atoms with Gasteiger partial charge in [0.2, 0.25) is 21.8 Å². The van der Waals surface area contributed by atoms with Gasteiger partial charge in [-0.05, 0) is 69.0 Å². The summed E-state index contributed by atoms with van der Waals surface area (Å²) in [5, 5.41) is 9.86. The minimum absolute atomic E-state index is 0.107. The predicted octanol–water partition coefficient (Wildman–Crippen LogP) is 4.72. The number of aryl methyl sites for hydroxylation is 1. The van der Waals surface area contributed by atoms with Crippen molar-refractivity contribution in [2.24, 2.45) is 0 Å². The zero-order valence-electron chi connectivity index (χ0n) is 22.8. The number of hydrogen-bond donors (Lipinski definition) is 2. The average Bonchev–Trinajstić information content (AvgIpc) is 3.28. The molecule has 1 amide bonds. The fourth-order valence-corrected chi connectivity index (χ4v) is 6.39. The Hall–Kier alpha value is -3.63. The van der Waals surface area contributed by atoms with Gasteiger partial charge in [-0.15, -0.1) is 0 Å². The highest BCUT2D eigenvalue weighted by atomic mass is 32.2. The van der Waals surface area contributed by atoms with Crippen molar-refractivity contribution in [3.05, 3.63) is 77.0 Å². The first kappa shape index (κ1) is 27.9. The highest BCUT2D eigenvalue weighted by Crippen LogP contribution is 2.41. The molecule has 0 radical (unpaired) electrons. The van der Waals surface area contributed by atoms with Gasteiger partial charge in [0.05, 0.1) is 23.7 Å². The number of carbonyl (C=O) groups is 1. The molecular formula is C30H34N2O7S. The molecule has 1 aliphatic heterocycles. The topological polar surface area (TPSA) is 124 Å². The SMILES string of the molecule is Cc1nc(OCCC(C)(C)O)ccc1Oc1cccc2c1CC[C@H]2Oc1ccc(C2CC(=O)NS(=O)(=O)C2)cc1. The molecule has 2 atom stereocenters. The zero-order chi connectivity index (χ0) is 28.5. The molecule has 212 valence electrons. The summed E-state index contributed by atoms with van der Waals surface area (Å²) in [7, 11) is -3.59. The monoisotopic (exact) mass is 566 g/mol. The Kier molecular flexibility index (Phi) is 7.74. The van der Waals surface area contributed by atoms with Crippen molar-refractivity contribution in [2.45, 2.75) is 64.1 Å². The van der Waals surface area contributed by atoms with Gasteiger partial charge in [0.15, 0.2) is 0 Å². The van der Waals surface area contributed by atoms with Gasteiger partial charge < -0.3 is 19.3 Å². The lowest BCUT2D eigenvalue weighted by atomic mass is 9.97. The van der Waals surface area contributed by atoms with Gasteiger partial charge in [0.1, 0.15) is 23.4 Å². The Morgan fingerprint density at radius 3 is 2.55 bits per heavy atom. The summed E-state index contributed by atoms with van der Waals surface area (Å²) in [5.74, 6) is 1.61. The molecule has 5 rings (SSSR count). The second-order valence-corrected chi connectivity index (χ2v) is 12.8. The van der Waals surface area contributed by atoms with Crippen molar-refractivity contribution in [3.63, 3.8) is 0 Å². The largest absolute Gasteiger partial charge is 0.486 e. The number of fused-ring (bicyclic) bond motifs is 1. The molecule has 3 aromatic rings. The minimum atomic E-state index is -3.59. The molecule has 2 heterocycles. The Morgan fingerprint density at radius 1 is 1.07 bits per heavy atom. The summed E-state index contributed by atoms with van der Waals surface area (Å²) < 4.78 is 44.2. The average molecular weight is 567 g/mol. The molecular weight excluding hydrogens is 532 g/mol. The van der Waals surface area contributed by atoms with Crippen molar-refractivity contribution in [3.8, 4) is 23.1 Å². The molecule has 2 aromatic carbocycles. The molecule has 1 fully saturated rings. The van der Waals surface area contributed by atoms with E-state index in [0.29, 0.717) is 36.1 Å². The van der Waals surface area contributed by atoms with Crippen LogP contribution in [0.2, 0.25) is 0 Å². The van der Waals surface area contributed by atoms with Gasteiger partial charge in [-0.25, -0.2) is 13.4 Å². The van der Waals surface area contributed by atoms with Crippen molar-refractivity contribution >= 4 is 15.9 Å². The van der Waals surface area contributed by atoms with Gasteiger partial charge in [-0.1, -0.05) is 24.3 Å². The van der Waals surface area contributed by atoms with E-state index < -0.39 is 21.5 Å². The maximum atomic E-state index is 11.9. The van der Waals surface area contributed by atoms with Gasteiger partial charge in [-0.3, -0.25) is 9.52 Å². The van der Waals surface area contributed by atoms with Crippen LogP contribution in [0.4, 0.5) is 0 Å². The number of nitrogens with one attached hydrogen (secondary N) is 1. The van der Waals surface area contributed by atoms with E-state index in [2.05, 4.69) is 4.98 Å². The Bertz CT molecular complexity index is 1500.